The first-order valence-electron chi connectivity index (χ1n) is 6.06. The predicted molar refractivity (Wildman–Crippen MR) is 68.7 cm³/mol. The number of ether oxygens (including phenoxy) is 2. The molecule has 0 amide bonds. The highest BCUT2D eigenvalue weighted by Gasteiger charge is 2.32. The average Bonchev–Trinajstić information content (AvgIpc) is 2.89. The van der Waals surface area contributed by atoms with Crippen LogP contribution >= 0.6 is 0 Å². The summed E-state index contributed by atoms with van der Waals surface area (Å²) in [5.41, 5.74) is 0. The summed E-state index contributed by atoms with van der Waals surface area (Å²) in [5.74, 6) is 0.707. The van der Waals surface area contributed by atoms with Crippen LogP contribution in [0.1, 0.15) is 13.3 Å². The Kier molecular flexibility index (Phi) is 4.20. The van der Waals surface area contributed by atoms with Crippen LogP contribution in [0.15, 0.2) is 12.4 Å². The van der Waals surface area contributed by atoms with E-state index in [4.69, 9.17) is 9.47 Å². The van der Waals surface area contributed by atoms with Crippen LogP contribution in [0.3, 0.4) is 0 Å². The molecule has 1 unspecified atom stereocenters. The lowest BCUT2D eigenvalue weighted by molar-refractivity contribution is 0.194. The molecular formula is C11H17N3O4S. The maximum atomic E-state index is 11.7. The third kappa shape index (κ3) is 3.13. The molecule has 1 aliphatic rings. The SMILES string of the molecule is CCS(=O)(=O)N1CCC(Oc2nccnc2OC)C1. The van der Waals surface area contributed by atoms with Gasteiger partial charge in [-0.15, -0.1) is 0 Å². The standard InChI is InChI=1S/C11H17N3O4S/c1-3-19(15,16)14-7-4-9(8-14)18-11-10(17-2)12-5-6-13-11/h5-6,9H,3-4,7-8H2,1-2H3. The number of hydrogen-bond acceptors (Lipinski definition) is 6. The fraction of sp³-hybridized carbons (Fsp3) is 0.636. The van der Waals surface area contributed by atoms with Crippen molar-refractivity contribution in [1.29, 1.82) is 0 Å². The smallest absolute Gasteiger partial charge is 0.278 e. The molecule has 0 radical (unpaired) electrons. The van der Waals surface area contributed by atoms with Crippen LogP contribution in [0.5, 0.6) is 11.8 Å². The van der Waals surface area contributed by atoms with Gasteiger partial charge in [0.25, 0.3) is 11.8 Å². The molecule has 19 heavy (non-hydrogen) atoms. The van der Waals surface area contributed by atoms with Crippen molar-refractivity contribution in [3.8, 4) is 11.8 Å². The lowest BCUT2D eigenvalue weighted by Crippen LogP contribution is -2.32. The third-order valence-corrected chi connectivity index (χ3v) is 4.82. The number of hydrogen-bond donors (Lipinski definition) is 0. The van der Waals surface area contributed by atoms with Crippen molar-refractivity contribution in [2.45, 2.75) is 19.4 Å². The minimum absolute atomic E-state index is 0.105. The summed E-state index contributed by atoms with van der Waals surface area (Å²) in [7, 11) is -1.67. The number of aromatic nitrogens is 2. The Labute approximate surface area is 112 Å². The summed E-state index contributed by atoms with van der Waals surface area (Å²) in [5, 5.41) is 0. The van der Waals surface area contributed by atoms with Crippen molar-refractivity contribution in [1.82, 2.24) is 14.3 Å². The molecule has 8 heteroatoms. The first-order chi connectivity index (χ1) is 9.06. The van der Waals surface area contributed by atoms with E-state index < -0.39 is 10.0 Å². The van der Waals surface area contributed by atoms with E-state index in [0.29, 0.717) is 31.3 Å². The summed E-state index contributed by atoms with van der Waals surface area (Å²) in [4.78, 5) is 8.02. The zero-order valence-electron chi connectivity index (χ0n) is 10.9. The lowest BCUT2D eigenvalue weighted by atomic mass is 10.3. The van der Waals surface area contributed by atoms with Gasteiger partial charge in [0, 0.05) is 18.9 Å². The molecule has 2 rings (SSSR count). The van der Waals surface area contributed by atoms with E-state index >= 15 is 0 Å². The predicted octanol–water partition coefficient (Wildman–Crippen LogP) is 0.288. The minimum atomic E-state index is -3.15. The van der Waals surface area contributed by atoms with Gasteiger partial charge >= 0.3 is 0 Å². The van der Waals surface area contributed by atoms with Crippen LogP contribution in [-0.2, 0) is 10.0 Å². The Hall–Kier alpha value is -1.41. The maximum absolute atomic E-state index is 11.7. The van der Waals surface area contributed by atoms with Crippen LogP contribution in [-0.4, -0.2) is 54.7 Å². The van der Waals surface area contributed by atoms with E-state index in [0.717, 1.165) is 0 Å². The molecule has 1 aromatic rings. The highest BCUT2D eigenvalue weighted by molar-refractivity contribution is 7.89. The second kappa shape index (κ2) is 5.70. The lowest BCUT2D eigenvalue weighted by Gasteiger charge is -2.16. The fourth-order valence-corrected chi connectivity index (χ4v) is 3.06. The largest absolute Gasteiger partial charge is 0.477 e. The molecule has 0 aromatic carbocycles. The minimum Gasteiger partial charge on any atom is -0.477 e. The van der Waals surface area contributed by atoms with Crippen molar-refractivity contribution in [2.75, 3.05) is 26.0 Å². The van der Waals surface area contributed by atoms with E-state index in [-0.39, 0.29) is 11.9 Å². The molecule has 0 N–H and O–H groups in total. The second-order valence-corrected chi connectivity index (χ2v) is 6.42. The number of rotatable bonds is 5. The normalized spacial score (nSPS) is 20.4. The van der Waals surface area contributed by atoms with E-state index in [1.165, 1.54) is 23.8 Å². The molecule has 0 aliphatic carbocycles. The van der Waals surface area contributed by atoms with Gasteiger partial charge in [-0.25, -0.2) is 18.4 Å². The highest BCUT2D eigenvalue weighted by Crippen LogP contribution is 2.24. The van der Waals surface area contributed by atoms with Gasteiger partial charge in [-0.1, -0.05) is 0 Å². The zero-order chi connectivity index (χ0) is 13.9. The van der Waals surface area contributed by atoms with E-state index in [1.807, 2.05) is 0 Å². The van der Waals surface area contributed by atoms with Gasteiger partial charge < -0.3 is 9.47 Å². The van der Waals surface area contributed by atoms with E-state index in [1.54, 1.807) is 6.92 Å². The summed E-state index contributed by atoms with van der Waals surface area (Å²) in [6.07, 6.45) is 3.44. The molecule has 0 saturated carbocycles. The number of sulfonamides is 1. The van der Waals surface area contributed by atoms with Crippen LogP contribution < -0.4 is 9.47 Å². The van der Waals surface area contributed by atoms with Gasteiger partial charge in [0.2, 0.25) is 10.0 Å². The van der Waals surface area contributed by atoms with Crippen molar-refractivity contribution in [3.05, 3.63) is 12.4 Å². The quantitative estimate of drug-likeness (QED) is 0.774. The van der Waals surface area contributed by atoms with Crippen molar-refractivity contribution in [2.24, 2.45) is 0 Å². The molecule has 1 aromatic heterocycles. The molecule has 0 spiro atoms. The first kappa shape index (κ1) is 14.0. The van der Waals surface area contributed by atoms with Crippen LogP contribution in [0.2, 0.25) is 0 Å². The van der Waals surface area contributed by atoms with E-state index in [9.17, 15) is 8.42 Å². The van der Waals surface area contributed by atoms with Crippen LogP contribution in [0.4, 0.5) is 0 Å². The number of methoxy groups -OCH3 is 1. The van der Waals surface area contributed by atoms with Gasteiger partial charge in [0.15, 0.2) is 0 Å². The Bertz CT molecular complexity index is 534. The topological polar surface area (TPSA) is 81.6 Å². The van der Waals surface area contributed by atoms with Gasteiger partial charge in [-0.2, -0.15) is 4.31 Å². The van der Waals surface area contributed by atoms with Gasteiger partial charge in [-0.05, 0) is 13.3 Å². The Morgan fingerprint density at radius 1 is 1.37 bits per heavy atom. The molecular weight excluding hydrogens is 270 g/mol. The van der Waals surface area contributed by atoms with E-state index in [2.05, 4.69) is 9.97 Å². The van der Waals surface area contributed by atoms with Gasteiger partial charge in [0.1, 0.15) is 6.10 Å². The van der Waals surface area contributed by atoms with Crippen LogP contribution in [0.25, 0.3) is 0 Å². The summed E-state index contributed by atoms with van der Waals surface area (Å²) < 4.78 is 35.6. The average molecular weight is 287 g/mol. The molecule has 2 heterocycles. The Morgan fingerprint density at radius 2 is 2.05 bits per heavy atom. The van der Waals surface area contributed by atoms with Crippen molar-refractivity contribution in [3.63, 3.8) is 0 Å². The van der Waals surface area contributed by atoms with Crippen LogP contribution in [0, 0.1) is 0 Å². The maximum Gasteiger partial charge on any atom is 0.278 e. The second-order valence-electron chi connectivity index (χ2n) is 4.16. The molecule has 0 bridgehead atoms. The molecule has 1 saturated heterocycles. The number of nitrogens with zero attached hydrogens (tertiary/aromatic N) is 3. The monoisotopic (exact) mass is 287 g/mol. The van der Waals surface area contributed by atoms with Crippen molar-refractivity contribution < 1.29 is 17.9 Å². The molecule has 1 atom stereocenters. The summed E-state index contributed by atoms with van der Waals surface area (Å²) in [6, 6.07) is 0. The molecule has 1 aliphatic heterocycles. The fourth-order valence-electron chi connectivity index (χ4n) is 1.92. The third-order valence-electron chi connectivity index (χ3n) is 2.97. The Balaban J connectivity index is 2.03. The Morgan fingerprint density at radius 3 is 2.68 bits per heavy atom. The molecule has 7 nitrogen and oxygen atoms in total. The van der Waals surface area contributed by atoms with Crippen molar-refractivity contribution >= 4 is 10.0 Å². The summed E-state index contributed by atoms with van der Waals surface area (Å²) >= 11 is 0. The molecule has 1 fully saturated rings. The zero-order valence-corrected chi connectivity index (χ0v) is 11.8. The van der Waals surface area contributed by atoms with Gasteiger partial charge in [-0.3, -0.25) is 0 Å². The molecule has 106 valence electrons. The van der Waals surface area contributed by atoms with Gasteiger partial charge in [0.05, 0.1) is 19.4 Å². The summed E-state index contributed by atoms with van der Waals surface area (Å²) in [6.45, 7) is 2.45. The highest BCUT2D eigenvalue weighted by atomic mass is 32.2. The first-order valence-corrected chi connectivity index (χ1v) is 7.67.